The zero-order chi connectivity index (χ0) is 12.3. The molecule has 0 aliphatic heterocycles. The molecule has 2 aromatic carbocycles. The van der Waals surface area contributed by atoms with Crippen LogP contribution in [0.25, 0.3) is 0 Å². The maximum Gasteiger partial charge on any atom is 0.337 e. The molecule has 2 rings (SSSR count). The summed E-state index contributed by atoms with van der Waals surface area (Å²) < 4.78 is 0.981. The van der Waals surface area contributed by atoms with Crippen molar-refractivity contribution in [3.8, 4) is 0 Å². The van der Waals surface area contributed by atoms with Gasteiger partial charge in [0.25, 0.3) is 0 Å². The van der Waals surface area contributed by atoms with Crippen LogP contribution in [-0.4, -0.2) is 11.1 Å². The Morgan fingerprint density at radius 2 is 1.71 bits per heavy atom. The van der Waals surface area contributed by atoms with Crippen molar-refractivity contribution in [1.82, 2.24) is 0 Å². The fraction of sp³-hybridized carbons (Fsp3) is 0. The van der Waals surface area contributed by atoms with E-state index in [0.29, 0.717) is 5.69 Å². The van der Waals surface area contributed by atoms with Gasteiger partial charge >= 0.3 is 5.97 Å². The average molecular weight is 292 g/mol. The fourth-order valence-electron chi connectivity index (χ4n) is 1.47. The van der Waals surface area contributed by atoms with Crippen LogP contribution in [0.15, 0.2) is 53.0 Å². The number of benzene rings is 2. The maximum atomic E-state index is 11.0. The smallest absolute Gasteiger partial charge is 0.337 e. The lowest BCUT2D eigenvalue weighted by Crippen LogP contribution is -2.02. The van der Waals surface area contributed by atoms with Gasteiger partial charge in [0, 0.05) is 10.2 Å². The van der Waals surface area contributed by atoms with Crippen molar-refractivity contribution in [2.75, 3.05) is 5.32 Å². The van der Waals surface area contributed by atoms with Gasteiger partial charge in [0.15, 0.2) is 0 Å². The molecule has 0 saturated carbocycles. The normalized spacial score (nSPS) is 9.94. The predicted octanol–water partition coefficient (Wildman–Crippen LogP) is 3.89. The summed E-state index contributed by atoms with van der Waals surface area (Å²) >= 11 is 3.35. The van der Waals surface area contributed by atoms with Crippen molar-refractivity contribution in [2.45, 2.75) is 0 Å². The van der Waals surface area contributed by atoms with E-state index >= 15 is 0 Å². The van der Waals surface area contributed by atoms with E-state index in [0.717, 1.165) is 10.2 Å². The van der Waals surface area contributed by atoms with Crippen molar-refractivity contribution in [2.24, 2.45) is 0 Å². The summed E-state index contributed by atoms with van der Waals surface area (Å²) in [4.78, 5) is 11.0. The SMILES string of the molecule is O=C(O)c1ccccc1Nc1ccc(Br)cc1. The summed E-state index contributed by atoms with van der Waals surface area (Å²) in [5.74, 6) is -0.940. The molecular formula is C13H10BrNO2. The molecule has 2 N–H and O–H groups in total. The van der Waals surface area contributed by atoms with Gasteiger partial charge in [-0.05, 0) is 36.4 Å². The molecule has 0 heterocycles. The van der Waals surface area contributed by atoms with Crippen LogP contribution in [0.5, 0.6) is 0 Å². The molecule has 0 amide bonds. The van der Waals surface area contributed by atoms with Crippen LogP contribution >= 0.6 is 15.9 Å². The van der Waals surface area contributed by atoms with Crippen LogP contribution in [0.1, 0.15) is 10.4 Å². The summed E-state index contributed by atoms with van der Waals surface area (Å²) in [6.07, 6.45) is 0. The lowest BCUT2D eigenvalue weighted by Gasteiger charge is -2.09. The molecule has 0 radical (unpaired) electrons. The summed E-state index contributed by atoms with van der Waals surface area (Å²) in [5.41, 5.74) is 1.69. The van der Waals surface area contributed by atoms with Crippen LogP contribution in [0.3, 0.4) is 0 Å². The summed E-state index contributed by atoms with van der Waals surface area (Å²) in [6.45, 7) is 0. The highest BCUT2D eigenvalue weighted by molar-refractivity contribution is 9.10. The molecular weight excluding hydrogens is 282 g/mol. The number of nitrogens with one attached hydrogen (secondary N) is 1. The van der Waals surface area contributed by atoms with Gasteiger partial charge in [-0.3, -0.25) is 0 Å². The van der Waals surface area contributed by atoms with E-state index < -0.39 is 5.97 Å². The number of hydrogen-bond donors (Lipinski definition) is 2. The topological polar surface area (TPSA) is 49.3 Å². The molecule has 0 bridgehead atoms. The van der Waals surface area contributed by atoms with E-state index in [1.54, 1.807) is 24.3 Å². The third kappa shape index (κ3) is 2.85. The zero-order valence-electron chi connectivity index (χ0n) is 8.85. The highest BCUT2D eigenvalue weighted by atomic mass is 79.9. The number of carboxylic acids is 1. The van der Waals surface area contributed by atoms with Crippen LogP contribution < -0.4 is 5.32 Å². The summed E-state index contributed by atoms with van der Waals surface area (Å²) in [7, 11) is 0. The molecule has 0 unspecified atom stereocenters. The van der Waals surface area contributed by atoms with Crippen LogP contribution in [0.2, 0.25) is 0 Å². The van der Waals surface area contributed by atoms with E-state index in [2.05, 4.69) is 21.2 Å². The van der Waals surface area contributed by atoms with E-state index in [1.807, 2.05) is 24.3 Å². The Labute approximate surface area is 107 Å². The van der Waals surface area contributed by atoms with Gasteiger partial charge in [0.2, 0.25) is 0 Å². The van der Waals surface area contributed by atoms with E-state index in [1.165, 1.54) is 0 Å². The first-order valence-corrected chi connectivity index (χ1v) is 5.81. The molecule has 0 fully saturated rings. The van der Waals surface area contributed by atoms with Crippen LogP contribution in [0.4, 0.5) is 11.4 Å². The second-order valence-electron chi connectivity index (χ2n) is 3.48. The summed E-state index contributed by atoms with van der Waals surface area (Å²) in [6, 6.07) is 14.4. The number of anilines is 2. The molecule has 0 aromatic heterocycles. The monoisotopic (exact) mass is 291 g/mol. The number of halogens is 1. The summed E-state index contributed by atoms with van der Waals surface area (Å²) in [5, 5.41) is 12.1. The van der Waals surface area contributed by atoms with Crippen molar-refractivity contribution in [3.63, 3.8) is 0 Å². The van der Waals surface area contributed by atoms with Crippen molar-refractivity contribution >= 4 is 33.3 Å². The molecule has 2 aromatic rings. The number of hydrogen-bond acceptors (Lipinski definition) is 2. The molecule has 0 aliphatic rings. The number of aromatic carboxylic acids is 1. The third-order valence-corrected chi connectivity index (χ3v) is 2.81. The Morgan fingerprint density at radius 1 is 1.06 bits per heavy atom. The molecule has 17 heavy (non-hydrogen) atoms. The minimum atomic E-state index is -0.940. The standard InChI is InChI=1S/C13H10BrNO2/c14-9-5-7-10(8-6-9)15-12-4-2-1-3-11(12)13(16)17/h1-8,15H,(H,16,17). The highest BCUT2D eigenvalue weighted by Gasteiger charge is 2.08. The van der Waals surface area contributed by atoms with E-state index in [4.69, 9.17) is 5.11 Å². The number of carboxylic acid groups (broad SMARTS) is 1. The van der Waals surface area contributed by atoms with Crippen molar-refractivity contribution < 1.29 is 9.90 Å². The molecule has 86 valence electrons. The second kappa shape index (κ2) is 5.01. The van der Waals surface area contributed by atoms with Gasteiger partial charge in [-0.1, -0.05) is 28.1 Å². The Kier molecular flexibility index (Phi) is 3.44. The van der Waals surface area contributed by atoms with Crippen LogP contribution in [-0.2, 0) is 0 Å². The van der Waals surface area contributed by atoms with Crippen molar-refractivity contribution in [3.05, 3.63) is 58.6 Å². The quantitative estimate of drug-likeness (QED) is 0.902. The van der Waals surface area contributed by atoms with Gasteiger partial charge in [-0.25, -0.2) is 4.79 Å². The Hall–Kier alpha value is -1.81. The lowest BCUT2D eigenvalue weighted by molar-refractivity contribution is 0.0698. The highest BCUT2D eigenvalue weighted by Crippen LogP contribution is 2.22. The minimum absolute atomic E-state index is 0.260. The first kappa shape index (κ1) is 11.7. The Balaban J connectivity index is 2.30. The fourth-order valence-corrected chi connectivity index (χ4v) is 1.73. The number of rotatable bonds is 3. The Morgan fingerprint density at radius 3 is 2.35 bits per heavy atom. The number of carbonyl (C=O) groups is 1. The largest absolute Gasteiger partial charge is 0.478 e. The first-order valence-electron chi connectivity index (χ1n) is 5.02. The molecule has 0 saturated heterocycles. The van der Waals surface area contributed by atoms with Gasteiger partial charge in [-0.15, -0.1) is 0 Å². The van der Waals surface area contributed by atoms with Gasteiger partial charge < -0.3 is 10.4 Å². The van der Waals surface area contributed by atoms with Gasteiger partial charge in [0.1, 0.15) is 0 Å². The average Bonchev–Trinajstić information content (AvgIpc) is 2.32. The molecule has 0 aliphatic carbocycles. The third-order valence-electron chi connectivity index (χ3n) is 2.28. The zero-order valence-corrected chi connectivity index (χ0v) is 10.4. The van der Waals surface area contributed by atoms with E-state index in [9.17, 15) is 4.79 Å². The predicted molar refractivity (Wildman–Crippen MR) is 70.8 cm³/mol. The van der Waals surface area contributed by atoms with Gasteiger partial charge in [-0.2, -0.15) is 0 Å². The second-order valence-corrected chi connectivity index (χ2v) is 4.40. The number of para-hydroxylation sites is 1. The first-order chi connectivity index (χ1) is 8.16. The minimum Gasteiger partial charge on any atom is -0.478 e. The van der Waals surface area contributed by atoms with Crippen LogP contribution in [0, 0.1) is 0 Å². The maximum absolute atomic E-state index is 11.0. The Bertz CT molecular complexity index is 537. The lowest BCUT2D eigenvalue weighted by atomic mass is 10.1. The van der Waals surface area contributed by atoms with E-state index in [-0.39, 0.29) is 5.56 Å². The van der Waals surface area contributed by atoms with Gasteiger partial charge in [0.05, 0.1) is 11.3 Å². The molecule has 3 nitrogen and oxygen atoms in total. The molecule has 0 spiro atoms. The molecule has 4 heteroatoms. The van der Waals surface area contributed by atoms with Crippen molar-refractivity contribution in [1.29, 1.82) is 0 Å². The molecule has 0 atom stereocenters.